The Bertz CT molecular complexity index is 1080. The summed E-state index contributed by atoms with van der Waals surface area (Å²) < 4.78 is 38.4. The van der Waals surface area contributed by atoms with Crippen LogP contribution in [0.4, 0.5) is 19.1 Å². The van der Waals surface area contributed by atoms with Crippen molar-refractivity contribution < 1.29 is 18.0 Å². The third-order valence-corrected chi connectivity index (χ3v) is 5.66. The summed E-state index contributed by atoms with van der Waals surface area (Å²) in [4.78, 5) is 21.1. The highest BCUT2D eigenvalue weighted by atomic mass is 19.4. The maximum Gasteiger partial charge on any atom is 0.419 e. The Labute approximate surface area is 175 Å². The lowest BCUT2D eigenvalue weighted by atomic mass is 9.81. The molecule has 1 amide bonds. The number of hydrogen-bond donors (Lipinski definition) is 2. The predicted molar refractivity (Wildman–Crippen MR) is 106 cm³/mol. The summed E-state index contributed by atoms with van der Waals surface area (Å²) in [7, 11) is 0. The Balaban J connectivity index is 1.72. The number of para-hydroxylation sites is 1. The number of hydrogen-bond acceptors (Lipinski definition) is 6. The molecule has 1 saturated carbocycles. The van der Waals surface area contributed by atoms with E-state index in [2.05, 4.69) is 25.5 Å². The van der Waals surface area contributed by atoms with Crippen LogP contribution in [0.5, 0.6) is 0 Å². The number of nitrogens with zero attached hydrogens (tertiary/aromatic N) is 5. The van der Waals surface area contributed by atoms with E-state index in [0.29, 0.717) is 5.69 Å². The van der Waals surface area contributed by atoms with E-state index in [9.17, 15) is 18.0 Å². The van der Waals surface area contributed by atoms with Crippen molar-refractivity contribution in [1.82, 2.24) is 25.0 Å². The highest BCUT2D eigenvalue weighted by Gasteiger charge is 2.42. The molecule has 2 aromatic heterocycles. The minimum absolute atomic E-state index is 0.104. The lowest BCUT2D eigenvalue weighted by Gasteiger charge is -2.34. The van der Waals surface area contributed by atoms with Gasteiger partial charge in [0.15, 0.2) is 0 Å². The topological polar surface area (TPSA) is 112 Å². The van der Waals surface area contributed by atoms with Crippen molar-refractivity contribution in [3.05, 3.63) is 59.7 Å². The summed E-state index contributed by atoms with van der Waals surface area (Å²) in [5.41, 5.74) is 5.70. The Morgan fingerprint density at radius 2 is 1.90 bits per heavy atom. The average molecular weight is 431 g/mol. The van der Waals surface area contributed by atoms with Crippen molar-refractivity contribution in [3.63, 3.8) is 0 Å². The van der Waals surface area contributed by atoms with Crippen molar-refractivity contribution in [2.45, 2.75) is 43.8 Å². The quantitative estimate of drug-likeness (QED) is 0.641. The molecule has 1 fully saturated rings. The van der Waals surface area contributed by atoms with Gasteiger partial charge >= 0.3 is 6.18 Å². The van der Waals surface area contributed by atoms with E-state index in [4.69, 9.17) is 5.73 Å². The van der Waals surface area contributed by atoms with Crippen LogP contribution in [0.3, 0.4) is 0 Å². The fourth-order valence-electron chi connectivity index (χ4n) is 4.20. The number of benzene rings is 1. The second-order valence-electron chi connectivity index (χ2n) is 7.71. The molecule has 3 N–H and O–H groups in total. The summed E-state index contributed by atoms with van der Waals surface area (Å²) >= 11 is 0. The molecule has 2 heterocycles. The van der Waals surface area contributed by atoms with Crippen LogP contribution >= 0.6 is 0 Å². The minimum atomic E-state index is -4.50. The predicted octanol–water partition coefficient (Wildman–Crippen LogP) is 3.31. The summed E-state index contributed by atoms with van der Waals surface area (Å²) in [6.07, 6.45) is 2.40. The van der Waals surface area contributed by atoms with E-state index in [1.165, 1.54) is 17.2 Å². The molecule has 0 saturated heterocycles. The van der Waals surface area contributed by atoms with E-state index < -0.39 is 23.2 Å². The Morgan fingerprint density at radius 3 is 2.52 bits per heavy atom. The molecule has 1 aliphatic rings. The number of nitrogens with one attached hydrogen (secondary N) is 1. The van der Waals surface area contributed by atoms with Gasteiger partial charge in [-0.3, -0.25) is 4.79 Å². The van der Waals surface area contributed by atoms with Gasteiger partial charge in [-0.2, -0.15) is 28.2 Å². The summed E-state index contributed by atoms with van der Waals surface area (Å²) in [5.74, 6) is -0.612. The highest BCUT2D eigenvalue weighted by Crippen LogP contribution is 2.46. The van der Waals surface area contributed by atoms with Crippen LogP contribution in [0, 0.1) is 0 Å². The molecule has 1 aromatic carbocycles. The van der Waals surface area contributed by atoms with Crippen LogP contribution in [0.2, 0.25) is 0 Å². The van der Waals surface area contributed by atoms with Crippen molar-refractivity contribution in [2.75, 3.05) is 5.32 Å². The molecule has 2 atom stereocenters. The number of aromatic nitrogens is 5. The van der Waals surface area contributed by atoms with Gasteiger partial charge in [-0.1, -0.05) is 18.6 Å². The van der Waals surface area contributed by atoms with Gasteiger partial charge in [0.2, 0.25) is 5.95 Å². The van der Waals surface area contributed by atoms with E-state index in [1.54, 1.807) is 12.1 Å². The van der Waals surface area contributed by atoms with Crippen LogP contribution in [0.25, 0.3) is 5.69 Å². The summed E-state index contributed by atoms with van der Waals surface area (Å²) in [5, 5.41) is 11.6. The van der Waals surface area contributed by atoms with Gasteiger partial charge in [0.25, 0.3) is 5.91 Å². The van der Waals surface area contributed by atoms with Gasteiger partial charge in [0.1, 0.15) is 5.69 Å². The smallest absolute Gasteiger partial charge is 0.366 e. The molecule has 2 unspecified atom stereocenters. The van der Waals surface area contributed by atoms with Crippen LogP contribution < -0.4 is 11.1 Å². The van der Waals surface area contributed by atoms with Crippen LogP contribution in [0.15, 0.2) is 43.0 Å². The van der Waals surface area contributed by atoms with Gasteiger partial charge in [-0.15, -0.1) is 0 Å². The molecule has 4 rings (SSSR count). The van der Waals surface area contributed by atoms with Gasteiger partial charge in [-0.25, -0.2) is 9.97 Å². The first kappa shape index (κ1) is 20.8. The Kier molecular flexibility index (Phi) is 5.11. The molecule has 0 radical (unpaired) electrons. The Hall–Kier alpha value is -3.50. The van der Waals surface area contributed by atoms with Crippen molar-refractivity contribution >= 4 is 11.9 Å². The number of carbonyl (C=O) groups is 1. The molecule has 31 heavy (non-hydrogen) atoms. The molecule has 8 nitrogen and oxygen atoms in total. The van der Waals surface area contributed by atoms with Crippen LogP contribution in [0.1, 0.15) is 53.6 Å². The van der Waals surface area contributed by atoms with E-state index in [0.717, 1.165) is 37.2 Å². The molecule has 0 aliphatic heterocycles. The SMILES string of the molecule is CC1(Nc2ncc(C(F)(F)F)cn2)CCCC1c1cccc(C(N)=O)c1-n1nccn1. The number of carbonyl (C=O) groups excluding carboxylic acids is 1. The van der Waals surface area contributed by atoms with Gasteiger partial charge in [0.05, 0.1) is 23.5 Å². The molecule has 162 valence electrons. The standard InChI is InChI=1S/C20H20F3N7O/c1-19(29-18-25-10-12(11-26-18)20(21,22)23)7-3-6-15(19)13-4-2-5-14(17(24)31)16(13)30-27-8-9-28-30/h2,4-5,8-11,15H,3,6-7H2,1H3,(H2,24,31)(H,25,26,29). The van der Waals surface area contributed by atoms with E-state index in [-0.39, 0.29) is 17.4 Å². The molecule has 0 spiro atoms. The molecule has 0 bridgehead atoms. The fraction of sp³-hybridized carbons (Fsp3) is 0.350. The normalized spacial score (nSPS) is 21.2. The number of primary amides is 1. The second kappa shape index (κ2) is 7.64. The highest BCUT2D eigenvalue weighted by molar-refractivity contribution is 5.97. The molecular formula is C20H20F3N7O. The number of amides is 1. The lowest BCUT2D eigenvalue weighted by Crippen LogP contribution is -2.38. The van der Waals surface area contributed by atoms with Crippen molar-refractivity contribution in [3.8, 4) is 5.69 Å². The summed E-state index contributed by atoms with van der Waals surface area (Å²) in [6.45, 7) is 1.96. The van der Waals surface area contributed by atoms with Crippen molar-refractivity contribution in [1.29, 1.82) is 0 Å². The van der Waals surface area contributed by atoms with Crippen molar-refractivity contribution in [2.24, 2.45) is 5.73 Å². The third kappa shape index (κ3) is 3.94. The number of nitrogens with two attached hydrogens (primary N) is 1. The maximum atomic E-state index is 12.8. The molecular weight excluding hydrogens is 411 g/mol. The van der Waals surface area contributed by atoms with Gasteiger partial charge in [-0.05, 0) is 31.4 Å². The van der Waals surface area contributed by atoms with E-state index in [1.807, 2.05) is 13.0 Å². The first-order chi connectivity index (χ1) is 14.7. The number of alkyl halides is 3. The fourth-order valence-corrected chi connectivity index (χ4v) is 4.20. The number of anilines is 1. The zero-order valence-electron chi connectivity index (χ0n) is 16.6. The second-order valence-corrected chi connectivity index (χ2v) is 7.71. The number of halogens is 3. The zero-order valence-corrected chi connectivity index (χ0v) is 16.6. The molecule has 1 aliphatic carbocycles. The third-order valence-electron chi connectivity index (χ3n) is 5.66. The monoisotopic (exact) mass is 431 g/mol. The maximum absolute atomic E-state index is 12.8. The zero-order chi connectivity index (χ0) is 22.2. The Morgan fingerprint density at radius 1 is 1.23 bits per heavy atom. The first-order valence-electron chi connectivity index (χ1n) is 9.66. The largest absolute Gasteiger partial charge is 0.419 e. The van der Waals surface area contributed by atoms with Crippen LogP contribution in [-0.2, 0) is 6.18 Å². The van der Waals surface area contributed by atoms with Gasteiger partial charge < -0.3 is 11.1 Å². The first-order valence-corrected chi connectivity index (χ1v) is 9.66. The lowest BCUT2D eigenvalue weighted by molar-refractivity contribution is -0.138. The van der Waals surface area contributed by atoms with E-state index >= 15 is 0 Å². The number of rotatable bonds is 5. The average Bonchev–Trinajstić information content (AvgIpc) is 3.37. The van der Waals surface area contributed by atoms with Gasteiger partial charge in [0, 0.05) is 23.9 Å². The molecule has 3 aromatic rings. The van der Waals surface area contributed by atoms with Crippen LogP contribution in [-0.4, -0.2) is 36.4 Å². The minimum Gasteiger partial charge on any atom is -0.366 e. The summed E-state index contributed by atoms with van der Waals surface area (Å²) in [6, 6.07) is 5.24. The molecule has 11 heteroatoms.